The molecule has 2 aliphatic heterocycles. The quantitative estimate of drug-likeness (QED) is 0.403. The van der Waals surface area contributed by atoms with Crippen molar-refractivity contribution in [2.24, 2.45) is 0 Å². The lowest BCUT2D eigenvalue weighted by atomic mass is 9.99. The zero-order chi connectivity index (χ0) is 9.42. The van der Waals surface area contributed by atoms with Gasteiger partial charge >= 0.3 is 0 Å². The summed E-state index contributed by atoms with van der Waals surface area (Å²) in [5.41, 5.74) is 0. The second-order valence-corrected chi connectivity index (χ2v) is 3.17. The van der Waals surface area contributed by atoms with Crippen molar-refractivity contribution in [3.63, 3.8) is 0 Å². The van der Waals surface area contributed by atoms with Gasteiger partial charge in [0.2, 0.25) is 0 Å². The molecule has 2 saturated heterocycles. The lowest BCUT2D eigenvalue weighted by molar-refractivity contribution is -0.279. The predicted octanol–water partition coefficient (Wildman–Crippen LogP) is -2.20. The Labute approximate surface area is 74.6 Å². The van der Waals surface area contributed by atoms with Crippen LogP contribution in [0.3, 0.4) is 0 Å². The molecule has 0 aromatic heterocycles. The standard InChI is InChI=1S/C7H12O6/c8-4-3-1-11-2-12-6(4)5(9)7(10)13-3/h3-10H,1-2H2. The number of hydrogen-bond donors (Lipinski definition) is 3. The third kappa shape index (κ3) is 1.56. The van der Waals surface area contributed by atoms with Crippen molar-refractivity contribution in [2.75, 3.05) is 13.4 Å². The molecule has 5 atom stereocenters. The number of fused-ring (bicyclic) bond motifs is 2. The van der Waals surface area contributed by atoms with Gasteiger partial charge in [-0.1, -0.05) is 0 Å². The fourth-order valence-electron chi connectivity index (χ4n) is 1.54. The molecule has 2 rings (SSSR count). The molecule has 0 spiro atoms. The highest BCUT2D eigenvalue weighted by molar-refractivity contribution is 4.90. The maximum absolute atomic E-state index is 9.56. The van der Waals surface area contributed by atoms with Crippen molar-refractivity contribution in [2.45, 2.75) is 30.7 Å². The summed E-state index contributed by atoms with van der Waals surface area (Å²) in [5, 5.41) is 28.1. The van der Waals surface area contributed by atoms with Crippen LogP contribution in [0, 0.1) is 0 Å². The Morgan fingerprint density at radius 2 is 1.85 bits per heavy atom. The molecule has 6 nitrogen and oxygen atoms in total. The van der Waals surface area contributed by atoms with E-state index >= 15 is 0 Å². The van der Waals surface area contributed by atoms with Gasteiger partial charge in [-0.05, 0) is 0 Å². The molecule has 0 saturated carbocycles. The molecule has 0 aromatic carbocycles. The first kappa shape index (κ1) is 9.32. The molecule has 0 radical (unpaired) electrons. The fourth-order valence-corrected chi connectivity index (χ4v) is 1.54. The van der Waals surface area contributed by atoms with E-state index in [9.17, 15) is 15.3 Å². The van der Waals surface area contributed by atoms with Gasteiger partial charge in [0.15, 0.2) is 6.29 Å². The molecule has 3 N–H and O–H groups in total. The minimum Gasteiger partial charge on any atom is -0.387 e. The molecule has 2 fully saturated rings. The minimum absolute atomic E-state index is 0.00856. The molecule has 0 aliphatic carbocycles. The average Bonchev–Trinajstić information content (AvgIpc) is 2.23. The molecule has 76 valence electrons. The SMILES string of the molecule is OC1OC2COCOC(C1O)C2O. The third-order valence-corrected chi connectivity index (χ3v) is 2.29. The van der Waals surface area contributed by atoms with Crippen LogP contribution in [-0.2, 0) is 14.2 Å². The van der Waals surface area contributed by atoms with Crippen molar-refractivity contribution in [1.82, 2.24) is 0 Å². The van der Waals surface area contributed by atoms with Crippen LogP contribution >= 0.6 is 0 Å². The molecule has 5 unspecified atom stereocenters. The summed E-state index contributed by atoms with van der Waals surface area (Å²) in [6.45, 7) is 0.146. The van der Waals surface area contributed by atoms with Gasteiger partial charge in [-0.2, -0.15) is 0 Å². The summed E-state index contributed by atoms with van der Waals surface area (Å²) >= 11 is 0. The van der Waals surface area contributed by atoms with Crippen LogP contribution in [0.5, 0.6) is 0 Å². The van der Waals surface area contributed by atoms with Gasteiger partial charge < -0.3 is 29.5 Å². The van der Waals surface area contributed by atoms with Crippen LogP contribution in [0.4, 0.5) is 0 Å². The Kier molecular flexibility index (Phi) is 2.50. The highest BCUT2D eigenvalue weighted by Crippen LogP contribution is 2.24. The van der Waals surface area contributed by atoms with Gasteiger partial charge in [-0.15, -0.1) is 0 Å². The predicted molar refractivity (Wildman–Crippen MR) is 38.6 cm³/mol. The van der Waals surface area contributed by atoms with Crippen LogP contribution < -0.4 is 0 Å². The van der Waals surface area contributed by atoms with Crippen molar-refractivity contribution in [1.29, 1.82) is 0 Å². The van der Waals surface area contributed by atoms with Gasteiger partial charge in [0.1, 0.15) is 31.2 Å². The van der Waals surface area contributed by atoms with E-state index in [1.807, 2.05) is 0 Å². The Hall–Kier alpha value is -0.240. The van der Waals surface area contributed by atoms with Crippen molar-refractivity contribution < 1.29 is 29.5 Å². The summed E-state index contributed by atoms with van der Waals surface area (Å²) in [6.07, 6.45) is -4.98. The van der Waals surface area contributed by atoms with E-state index in [-0.39, 0.29) is 13.4 Å². The molecule has 13 heavy (non-hydrogen) atoms. The molecular formula is C7H12O6. The average molecular weight is 192 g/mol. The van der Waals surface area contributed by atoms with Crippen LogP contribution in [-0.4, -0.2) is 59.4 Å². The Balaban J connectivity index is 2.15. The van der Waals surface area contributed by atoms with E-state index in [1.54, 1.807) is 0 Å². The molecular weight excluding hydrogens is 180 g/mol. The second kappa shape index (κ2) is 3.49. The van der Waals surface area contributed by atoms with Crippen LogP contribution in [0.2, 0.25) is 0 Å². The highest BCUT2D eigenvalue weighted by atomic mass is 16.7. The van der Waals surface area contributed by atoms with E-state index in [4.69, 9.17) is 14.2 Å². The summed E-state index contributed by atoms with van der Waals surface area (Å²) in [7, 11) is 0. The number of ether oxygens (including phenoxy) is 3. The molecule has 2 aliphatic rings. The first-order valence-electron chi connectivity index (χ1n) is 4.09. The molecule has 0 aromatic rings. The Bertz CT molecular complexity index is 186. The number of aliphatic hydroxyl groups is 3. The van der Waals surface area contributed by atoms with Crippen LogP contribution in [0.1, 0.15) is 0 Å². The first-order valence-corrected chi connectivity index (χ1v) is 4.09. The zero-order valence-corrected chi connectivity index (χ0v) is 6.87. The van der Waals surface area contributed by atoms with Gasteiger partial charge in [0.05, 0.1) is 6.61 Å². The van der Waals surface area contributed by atoms with E-state index in [1.165, 1.54) is 0 Å². The number of aliphatic hydroxyl groups excluding tert-OH is 3. The monoisotopic (exact) mass is 192 g/mol. The van der Waals surface area contributed by atoms with Gasteiger partial charge in [0, 0.05) is 0 Å². The van der Waals surface area contributed by atoms with Crippen LogP contribution in [0.25, 0.3) is 0 Å². The summed E-state index contributed by atoms with van der Waals surface area (Å²) in [5.74, 6) is 0. The lowest BCUT2D eigenvalue weighted by Crippen LogP contribution is -2.58. The van der Waals surface area contributed by atoms with Crippen LogP contribution in [0.15, 0.2) is 0 Å². The topological polar surface area (TPSA) is 88.4 Å². The molecule has 6 heteroatoms. The smallest absolute Gasteiger partial charge is 0.184 e. The summed E-state index contributed by atoms with van der Waals surface area (Å²) < 4.78 is 14.9. The Morgan fingerprint density at radius 1 is 1.08 bits per heavy atom. The van der Waals surface area contributed by atoms with Crippen molar-refractivity contribution in [3.05, 3.63) is 0 Å². The summed E-state index contributed by atoms with van der Waals surface area (Å²) in [4.78, 5) is 0. The number of rotatable bonds is 0. The lowest BCUT2D eigenvalue weighted by Gasteiger charge is -2.37. The maximum Gasteiger partial charge on any atom is 0.184 e. The van der Waals surface area contributed by atoms with E-state index < -0.39 is 30.7 Å². The zero-order valence-electron chi connectivity index (χ0n) is 6.87. The highest BCUT2D eigenvalue weighted by Gasteiger charge is 2.46. The number of hydrogen-bond acceptors (Lipinski definition) is 6. The van der Waals surface area contributed by atoms with E-state index in [0.29, 0.717) is 0 Å². The Morgan fingerprint density at radius 3 is 2.62 bits per heavy atom. The van der Waals surface area contributed by atoms with Gasteiger partial charge in [-0.3, -0.25) is 0 Å². The van der Waals surface area contributed by atoms with Crippen molar-refractivity contribution >= 4 is 0 Å². The first-order chi connectivity index (χ1) is 6.20. The van der Waals surface area contributed by atoms with E-state index in [2.05, 4.69) is 0 Å². The summed E-state index contributed by atoms with van der Waals surface area (Å²) in [6, 6.07) is 0. The normalized spacial score (nSPS) is 51.5. The molecule has 2 bridgehead atoms. The molecule has 2 heterocycles. The minimum atomic E-state index is -1.32. The molecule has 0 amide bonds. The van der Waals surface area contributed by atoms with Gasteiger partial charge in [0.25, 0.3) is 0 Å². The third-order valence-electron chi connectivity index (χ3n) is 2.29. The second-order valence-electron chi connectivity index (χ2n) is 3.17. The maximum atomic E-state index is 9.56. The largest absolute Gasteiger partial charge is 0.387 e. The van der Waals surface area contributed by atoms with Crippen molar-refractivity contribution in [3.8, 4) is 0 Å². The van der Waals surface area contributed by atoms with E-state index in [0.717, 1.165) is 0 Å². The van der Waals surface area contributed by atoms with Gasteiger partial charge in [-0.25, -0.2) is 0 Å². The fraction of sp³-hybridized carbons (Fsp3) is 1.00.